The van der Waals surface area contributed by atoms with Crippen LogP contribution in [0.3, 0.4) is 0 Å². The van der Waals surface area contributed by atoms with Gasteiger partial charge in [0.15, 0.2) is 0 Å². The molecule has 1 aliphatic rings. The molecule has 2 heterocycles. The van der Waals surface area contributed by atoms with Crippen LogP contribution in [0.1, 0.15) is 49.9 Å². The van der Waals surface area contributed by atoms with Gasteiger partial charge in [0.05, 0.1) is 11.4 Å². The first-order valence-electron chi connectivity index (χ1n) is 7.70. The van der Waals surface area contributed by atoms with Crippen molar-refractivity contribution in [2.75, 3.05) is 10.6 Å². The average Bonchev–Trinajstić information content (AvgIpc) is 2.77. The van der Waals surface area contributed by atoms with Gasteiger partial charge in [0.2, 0.25) is 0 Å². The van der Waals surface area contributed by atoms with Crippen LogP contribution in [0.2, 0.25) is 0 Å². The summed E-state index contributed by atoms with van der Waals surface area (Å²) in [4.78, 5) is 5.14. The van der Waals surface area contributed by atoms with E-state index in [1.807, 2.05) is 11.3 Å². The number of anilines is 3. The number of nitrogen functional groups attached to an aromatic ring is 1. The van der Waals surface area contributed by atoms with E-state index in [-0.39, 0.29) is 5.41 Å². The van der Waals surface area contributed by atoms with Crippen molar-refractivity contribution in [3.63, 3.8) is 0 Å². The van der Waals surface area contributed by atoms with Gasteiger partial charge in [-0.25, -0.2) is 0 Å². The molecule has 21 heavy (non-hydrogen) atoms. The molecule has 0 amide bonds. The van der Waals surface area contributed by atoms with Crippen LogP contribution in [0.15, 0.2) is 24.3 Å². The molecule has 1 aromatic heterocycles. The third kappa shape index (κ3) is 1.90. The maximum Gasteiger partial charge on any atom is 0.0800 e. The lowest BCUT2D eigenvalue weighted by atomic mass is 9.78. The summed E-state index contributed by atoms with van der Waals surface area (Å²) in [6.45, 7) is 11.3. The monoisotopic (exact) mass is 300 g/mol. The number of rotatable bonds is 2. The molecule has 0 spiro atoms. The summed E-state index contributed by atoms with van der Waals surface area (Å²) in [6, 6.07) is 9.14. The van der Waals surface area contributed by atoms with E-state index in [1.54, 1.807) is 0 Å². The second-order valence-corrected chi connectivity index (χ2v) is 7.68. The summed E-state index contributed by atoms with van der Waals surface area (Å²) in [5.41, 5.74) is 11.5. The van der Waals surface area contributed by atoms with Crippen molar-refractivity contribution in [1.29, 1.82) is 0 Å². The van der Waals surface area contributed by atoms with E-state index in [1.165, 1.54) is 26.7 Å². The predicted octanol–water partition coefficient (Wildman–Crippen LogP) is 5.08. The largest absolute Gasteiger partial charge is 0.396 e. The van der Waals surface area contributed by atoms with Crippen LogP contribution in [-0.4, -0.2) is 6.04 Å². The molecule has 2 aromatic rings. The van der Waals surface area contributed by atoms with Crippen molar-refractivity contribution in [1.82, 2.24) is 0 Å². The first kappa shape index (κ1) is 14.5. The van der Waals surface area contributed by atoms with Crippen molar-refractivity contribution in [2.24, 2.45) is 0 Å². The van der Waals surface area contributed by atoms with E-state index in [2.05, 4.69) is 63.8 Å². The van der Waals surface area contributed by atoms with Crippen LogP contribution in [0.25, 0.3) is 0 Å². The summed E-state index contributed by atoms with van der Waals surface area (Å²) in [5.74, 6) is 0. The zero-order valence-electron chi connectivity index (χ0n) is 13.5. The first-order chi connectivity index (χ1) is 9.89. The van der Waals surface area contributed by atoms with Crippen molar-refractivity contribution in [3.8, 4) is 0 Å². The molecule has 0 radical (unpaired) electrons. The van der Waals surface area contributed by atoms with Crippen LogP contribution in [0.5, 0.6) is 0 Å². The minimum atomic E-state index is 0.0174. The molecule has 0 saturated heterocycles. The Hall–Kier alpha value is -1.48. The van der Waals surface area contributed by atoms with E-state index in [4.69, 9.17) is 5.73 Å². The normalized spacial score (nSPS) is 16.0. The Morgan fingerprint density at radius 3 is 2.52 bits per heavy atom. The summed E-state index contributed by atoms with van der Waals surface area (Å²) in [6.07, 6.45) is 1.00. The van der Waals surface area contributed by atoms with Gasteiger partial charge in [-0.2, -0.15) is 0 Å². The number of fused-ring (bicyclic) bond motifs is 2. The van der Waals surface area contributed by atoms with E-state index < -0.39 is 0 Å². The van der Waals surface area contributed by atoms with Crippen LogP contribution >= 0.6 is 11.3 Å². The van der Waals surface area contributed by atoms with Gasteiger partial charge in [-0.3, -0.25) is 0 Å². The second kappa shape index (κ2) is 4.77. The molecule has 0 fully saturated rings. The van der Waals surface area contributed by atoms with Crippen LogP contribution in [0.4, 0.5) is 17.1 Å². The molecule has 3 rings (SSSR count). The topological polar surface area (TPSA) is 29.3 Å². The molecule has 0 saturated carbocycles. The van der Waals surface area contributed by atoms with Gasteiger partial charge in [-0.15, -0.1) is 11.3 Å². The summed E-state index contributed by atoms with van der Waals surface area (Å²) in [7, 11) is 0. The highest BCUT2D eigenvalue weighted by Crippen LogP contribution is 2.55. The molecule has 0 aliphatic carbocycles. The molecule has 1 aliphatic heterocycles. The van der Waals surface area contributed by atoms with Gasteiger partial charge in [0.1, 0.15) is 0 Å². The Morgan fingerprint density at radius 2 is 1.90 bits per heavy atom. The fraction of sp³-hybridized carbons (Fsp3) is 0.444. The highest BCUT2D eigenvalue weighted by molar-refractivity contribution is 7.13. The Labute approximate surface area is 131 Å². The molecule has 112 valence electrons. The summed E-state index contributed by atoms with van der Waals surface area (Å²) >= 11 is 1.89. The molecule has 2 N–H and O–H groups in total. The SMILES string of the molecule is CCc1sc2c(c1N)N(C(C)C)c1ccccc1C2(C)C. The third-order valence-corrected chi connectivity index (χ3v) is 6.14. The van der Waals surface area contributed by atoms with Crippen molar-refractivity contribution < 1.29 is 0 Å². The number of thiophene rings is 1. The van der Waals surface area contributed by atoms with E-state index in [0.717, 1.165) is 12.1 Å². The highest BCUT2D eigenvalue weighted by atomic mass is 32.1. The maximum absolute atomic E-state index is 6.51. The molecule has 0 bridgehead atoms. The van der Waals surface area contributed by atoms with Crippen LogP contribution < -0.4 is 10.6 Å². The molecule has 1 aromatic carbocycles. The Kier molecular flexibility index (Phi) is 3.28. The zero-order chi connectivity index (χ0) is 15.4. The smallest absolute Gasteiger partial charge is 0.0800 e. The van der Waals surface area contributed by atoms with E-state index in [9.17, 15) is 0 Å². The van der Waals surface area contributed by atoms with Gasteiger partial charge in [0, 0.05) is 26.9 Å². The Bertz CT molecular complexity index is 683. The van der Waals surface area contributed by atoms with Gasteiger partial charge in [-0.05, 0) is 31.9 Å². The lowest BCUT2D eigenvalue weighted by Crippen LogP contribution is -2.35. The van der Waals surface area contributed by atoms with Gasteiger partial charge in [0.25, 0.3) is 0 Å². The van der Waals surface area contributed by atoms with E-state index >= 15 is 0 Å². The lowest BCUT2D eigenvalue weighted by Gasteiger charge is -2.42. The van der Waals surface area contributed by atoms with Crippen LogP contribution in [-0.2, 0) is 11.8 Å². The quantitative estimate of drug-likeness (QED) is 0.838. The summed E-state index contributed by atoms with van der Waals surface area (Å²) in [5, 5.41) is 0. The minimum absolute atomic E-state index is 0.0174. The van der Waals surface area contributed by atoms with E-state index in [0.29, 0.717) is 6.04 Å². The number of benzene rings is 1. The van der Waals surface area contributed by atoms with Gasteiger partial charge >= 0.3 is 0 Å². The second-order valence-electron chi connectivity index (χ2n) is 6.58. The van der Waals surface area contributed by atoms with Gasteiger partial charge < -0.3 is 10.6 Å². The molecule has 2 nitrogen and oxygen atoms in total. The van der Waals surface area contributed by atoms with Crippen molar-refractivity contribution in [2.45, 2.75) is 52.5 Å². The Balaban J connectivity index is 2.36. The average molecular weight is 300 g/mol. The fourth-order valence-corrected chi connectivity index (χ4v) is 4.67. The highest BCUT2D eigenvalue weighted by Gasteiger charge is 2.40. The molecule has 3 heteroatoms. The number of hydrogen-bond acceptors (Lipinski definition) is 3. The molecule has 0 atom stereocenters. The number of nitrogens with two attached hydrogens (primary N) is 1. The standard InChI is InChI=1S/C18H24N2S/c1-6-14-15(19)16-17(21-14)18(4,5)12-9-7-8-10-13(12)20(16)11(2)3/h7-11H,6,19H2,1-5H3. The molecular formula is C18H24N2S. The van der Waals surface area contributed by atoms with Crippen molar-refractivity contribution in [3.05, 3.63) is 39.6 Å². The minimum Gasteiger partial charge on any atom is -0.396 e. The number of hydrogen-bond donors (Lipinski definition) is 1. The number of para-hydroxylation sites is 1. The summed E-state index contributed by atoms with van der Waals surface area (Å²) < 4.78 is 0. The molecular weight excluding hydrogens is 276 g/mol. The molecule has 0 unspecified atom stereocenters. The lowest BCUT2D eigenvalue weighted by molar-refractivity contribution is 0.627. The third-order valence-electron chi connectivity index (χ3n) is 4.48. The predicted molar refractivity (Wildman–Crippen MR) is 94.0 cm³/mol. The zero-order valence-corrected chi connectivity index (χ0v) is 14.3. The maximum atomic E-state index is 6.51. The van der Waals surface area contributed by atoms with Crippen molar-refractivity contribution >= 4 is 28.4 Å². The van der Waals surface area contributed by atoms with Crippen LogP contribution in [0, 0.1) is 0 Å². The number of aryl methyl sites for hydroxylation is 1. The fourth-order valence-electron chi connectivity index (χ4n) is 3.40. The number of nitrogens with zero attached hydrogens (tertiary/aromatic N) is 1. The van der Waals surface area contributed by atoms with Gasteiger partial charge in [-0.1, -0.05) is 39.0 Å². The first-order valence-corrected chi connectivity index (χ1v) is 8.51. The Morgan fingerprint density at radius 1 is 1.24 bits per heavy atom.